The molecule has 86 valence electrons. The first kappa shape index (κ1) is 12.7. The summed E-state index contributed by atoms with van der Waals surface area (Å²) in [5.41, 5.74) is 1.26. The number of nitrogens with one attached hydrogen (secondary N) is 1. The highest BCUT2D eigenvalue weighted by Gasteiger charge is 2.15. The number of aryl methyl sites for hydroxylation is 2. The first-order valence-electron chi connectivity index (χ1n) is 5.80. The summed E-state index contributed by atoms with van der Waals surface area (Å²) in [7, 11) is 0. The molecule has 0 bridgehead atoms. The maximum Gasteiger partial charge on any atom is 0.110 e. The predicted molar refractivity (Wildman–Crippen MR) is 67.5 cm³/mol. The van der Waals surface area contributed by atoms with Crippen molar-refractivity contribution in [1.29, 1.82) is 0 Å². The van der Waals surface area contributed by atoms with Gasteiger partial charge in [0.05, 0.1) is 11.7 Å². The highest BCUT2D eigenvalue weighted by Crippen LogP contribution is 2.25. The number of thiazole rings is 1. The Morgan fingerprint density at radius 1 is 1.33 bits per heavy atom. The summed E-state index contributed by atoms with van der Waals surface area (Å²) in [6.45, 7) is 10.9. The topological polar surface area (TPSA) is 24.9 Å². The Kier molecular flexibility index (Phi) is 4.74. The maximum atomic E-state index is 4.71. The highest BCUT2D eigenvalue weighted by atomic mass is 32.1. The minimum absolute atomic E-state index is 0.425. The lowest BCUT2D eigenvalue weighted by molar-refractivity contribution is 0.464. The summed E-state index contributed by atoms with van der Waals surface area (Å²) in [6.07, 6.45) is 2.15. The molecule has 15 heavy (non-hydrogen) atoms. The van der Waals surface area contributed by atoms with Crippen LogP contribution in [0.2, 0.25) is 0 Å². The minimum Gasteiger partial charge on any atom is -0.306 e. The van der Waals surface area contributed by atoms with Crippen LogP contribution in [0.5, 0.6) is 0 Å². The molecule has 3 heteroatoms. The van der Waals surface area contributed by atoms with Crippen molar-refractivity contribution in [2.75, 3.05) is 0 Å². The molecule has 1 heterocycles. The van der Waals surface area contributed by atoms with Crippen LogP contribution in [0.4, 0.5) is 0 Å². The van der Waals surface area contributed by atoms with Crippen LogP contribution in [-0.4, -0.2) is 11.0 Å². The smallest absolute Gasteiger partial charge is 0.110 e. The number of aromatic nitrogens is 1. The SMILES string of the molecule is CCc1nc(C(CC)NC(C)C)sc1C. The number of nitrogens with zero attached hydrogens (tertiary/aromatic N) is 1. The largest absolute Gasteiger partial charge is 0.306 e. The van der Waals surface area contributed by atoms with E-state index in [1.807, 2.05) is 11.3 Å². The molecule has 1 atom stereocenters. The van der Waals surface area contributed by atoms with Crippen molar-refractivity contribution in [2.45, 2.75) is 59.5 Å². The van der Waals surface area contributed by atoms with E-state index in [4.69, 9.17) is 4.98 Å². The van der Waals surface area contributed by atoms with E-state index in [0.717, 1.165) is 12.8 Å². The van der Waals surface area contributed by atoms with Gasteiger partial charge in [0, 0.05) is 10.9 Å². The van der Waals surface area contributed by atoms with Crippen molar-refractivity contribution in [1.82, 2.24) is 10.3 Å². The van der Waals surface area contributed by atoms with Gasteiger partial charge in [0.1, 0.15) is 5.01 Å². The van der Waals surface area contributed by atoms with Gasteiger partial charge in [-0.05, 0) is 19.8 Å². The molecule has 0 aliphatic carbocycles. The van der Waals surface area contributed by atoms with E-state index in [0.29, 0.717) is 12.1 Å². The second-order valence-corrected chi connectivity index (χ2v) is 5.43. The third-order valence-electron chi connectivity index (χ3n) is 2.48. The lowest BCUT2D eigenvalue weighted by Crippen LogP contribution is -2.27. The average molecular weight is 226 g/mol. The molecule has 1 aromatic rings. The summed E-state index contributed by atoms with van der Waals surface area (Å²) in [5.74, 6) is 0. The molecule has 0 spiro atoms. The molecule has 1 unspecified atom stereocenters. The molecule has 0 aromatic carbocycles. The molecular formula is C12H22N2S. The van der Waals surface area contributed by atoms with E-state index in [-0.39, 0.29) is 0 Å². The van der Waals surface area contributed by atoms with E-state index >= 15 is 0 Å². The Balaban J connectivity index is 2.82. The molecule has 1 N–H and O–H groups in total. The summed E-state index contributed by atoms with van der Waals surface area (Å²) < 4.78 is 0. The first-order valence-corrected chi connectivity index (χ1v) is 6.62. The van der Waals surface area contributed by atoms with Crippen molar-refractivity contribution in [3.8, 4) is 0 Å². The van der Waals surface area contributed by atoms with E-state index in [9.17, 15) is 0 Å². The molecule has 0 aliphatic rings. The Hall–Kier alpha value is -0.410. The standard InChI is InChI=1S/C12H22N2S/c1-6-10-9(5)15-12(14-10)11(7-2)13-8(3)4/h8,11,13H,6-7H2,1-5H3. The minimum atomic E-state index is 0.425. The lowest BCUT2D eigenvalue weighted by atomic mass is 10.2. The fourth-order valence-corrected chi connectivity index (χ4v) is 2.85. The van der Waals surface area contributed by atoms with Gasteiger partial charge >= 0.3 is 0 Å². The molecule has 0 fully saturated rings. The Morgan fingerprint density at radius 3 is 2.40 bits per heavy atom. The van der Waals surface area contributed by atoms with Gasteiger partial charge in [0.2, 0.25) is 0 Å². The Morgan fingerprint density at radius 2 is 2.00 bits per heavy atom. The van der Waals surface area contributed by atoms with Gasteiger partial charge < -0.3 is 5.32 Å². The van der Waals surface area contributed by atoms with Crippen LogP contribution in [0.25, 0.3) is 0 Å². The van der Waals surface area contributed by atoms with Gasteiger partial charge in [-0.1, -0.05) is 27.7 Å². The molecule has 0 saturated heterocycles. The highest BCUT2D eigenvalue weighted by molar-refractivity contribution is 7.11. The van der Waals surface area contributed by atoms with Crippen LogP contribution >= 0.6 is 11.3 Å². The summed E-state index contributed by atoms with van der Waals surface area (Å²) >= 11 is 1.84. The first-order chi connectivity index (χ1) is 7.08. The summed E-state index contributed by atoms with van der Waals surface area (Å²) in [5, 5.41) is 4.81. The number of rotatable bonds is 5. The average Bonchev–Trinajstić information content (AvgIpc) is 2.55. The second kappa shape index (κ2) is 5.61. The van der Waals surface area contributed by atoms with E-state index in [1.54, 1.807) is 0 Å². The van der Waals surface area contributed by atoms with E-state index in [1.165, 1.54) is 15.6 Å². The van der Waals surface area contributed by atoms with Crippen LogP contribution in [0, 0.1) is 6.92 Å². The quantitative estimate of drug-likeness (QED) is 0.831. The molecule has 0 aliphatic heterocycles. The molecular weight excluding hydrogens is 204 g/mol. The summed E-state index contributed by atoms with van der Waals surface area (Å²) in [4.78, 5) is 6.08. The third-order valence-corrected chi connectivity index (χ3v) is 3.61. The van der Waals surface area contributed by atoms with Crippen LogP contribution in [0.1, 0.15) is 55.7 Å². The number of hydrogen-bond acceptors (Lipinski definition) is 3. The van der Waals surface area contributed by atoms with Crippen LogP contribution in [0.3, 0.4) is 0 Å². The van der Waals surface area contributed by atoms with Gasteiger partial charge in [-0.25, -0.2) is 4.98 Å². The van der Waals surface area contributed by atoms with Gasteiger partial charge in [0.15, 0.2) is 0 Å². The number of hydrogen-bond donors (Lipinski definition) is 1. The normalized spacial score (nSPS) is 13.5. The van der Waals surface area contributed by atoms with Crippen molar-refractivity contribution in [3.63, 3.8) is 0 Å². The summed E-state index contributed by atoms with van der Waals surface area (Å²) in [6, 6.07) is 0.943. The van der Waals surface area contributed by atoms with Gasteiger partial charge in [-0.2, -0.15) is 0 Å². The molecule has 1 aromatic heterocycles. The van der Waals surface area contributed by atoms with Crippen LogP contribution in [-0.2, 0) is 6.42 Å². The monoisotopic (exact) mass is 226 g/mol. The van der Waals surface area contributed by atoms with E-state index < -0.39 is 0 Å². The van der Waals surface area contributed by atoms with Gasteiger partial charge in [0.25, 0.3) is 0 Å². The fourth-order valence-electron chi connectivity index (χ4n) is 1.69. The van der Waals surface area contributed by atoms with Crippen LogP contribution < -0.4 is 5.32 Å². The Bertz CT molecular complexity index is 305. The van der Waals surface area contributed by atoms with Crippen molar-refractivity contribution >= 4 is 11.3 Å². The molecule has 0 amide bonds. The van der Waals surface area contributed by atoms with Gasteiger partial charge in [-0.15, -0.1) is 11.3 Å². The zero-order valence-corrected chi connectivity index (χ0v) is 11.2. The molecule has 2 nitrogen and oxygen atoms in total. The fraction of sp³-hybridized carbons (Fsp3) is 0.750. The second-order valence-electron chi connectivity index (χ2n) is 4.19. The molecule has 0 saturated carbocycles. The van der Waals surface area contributed by atoms with Crippen molar-refractivity contribution in [2.24, 2.45) is 0 Å². The van der Waals surface area contributed by atoms with Gasteiger partial charge in [-0.3, -0.25) is 0 Å². The van der Waals surface area contributed by atoms with Crippen molar-refractivity contribution < 1.29 is 0 Å². The lowest BCUT2D eigenvalue weighted by Gasteiger charge is -2.17. The van der Waals surface area contributed by atoms with Crippen LogP contribution in [0.15, 0.2) is 0 Å². The van der Waals surface area contributed by atoms with E-state index in [2.05, 4.69) is 39.9 Å². The molecule has 1 rings (SSSR count). The zero-order chi connectivity index (χ0) is 11.4. The predicted octanol–water partition coefficient (Wildman–Crippen LogP) is 3.46. The zero-order valence-electron chi connectivity index (χ0n) is 10.4. The third kappa shape index (κ3) is 3.28. The Labute approximate surface area is 97.1 Å². The van der Waals surface area contributed by atoms with Crippen molar-refractivity contribution in [3.05, 3.63) is 15.6 Å². The molecule has 0 radical (unpaired) electrons. The maximum absolute atomic E-state index is 4.71.